The Kier molecular flexibility index (Phi) is 4.28. The van der Waals surface area contributed by atoms with Crippen LogP contribution in [0.4, 0.5) is 5.82 Å². The van der Waals surface area contributed by atoms with E-state index >= 15 is 0 Å². The van der Waals surface area contributed by atoms with Crippen molar-refractivity contribution in [3.05, 3.63) is 70.0 Å². The molecule has 10 heteroatoms. The summed E-state index contributed by atoms with van der Waals surface area (Å²) in [5, 5.41) is 10.2. The maximum atomic E-state index is 12.8. The summed E-state index contributed by atoms with van der Waals surface area (Å²) < 4.78 is 5.52. The Morgan fingerprint density at radius 1 is 1.27 bits per heavy atom. The number of carboxylic acid groups (broad SMARTS) is 1. The van der Waals surface area contributed by atoms with Crippen molar-refractivity contribution in [2.75, 3.05) is 18.0 Å². The summed E-state index contributed by atoms with van der Waals surface area (Å²) in [6.07, 6.45) is 4.45. The second-order valence-corrected chi connectivity index (χ2v) is 7.88. The molecule has 0 unspecified atom stereocenters. The number of rotatable bonds is 4. The number of pyridine rings is 3. The SMILES string of the molecule is Cc1cc(N2CC(c3ccccn3)C2)nc2c1c(=O)c(C(=O)O)cn2-c1ncns1. The predicted octanol–water partition coefficient (Wildman–Crippen LogP) is 2.24. The van der Waals surface area contributed by atoms with E-state index in [4.69, 9.17) is 4.98 Å². The molecular weight excluding hydrogens is 404 g/mol. The van der Waals surface area contributed by atoms with E-state index in [1.807, 2.05) is 24.3 Å². The third kappa shape index (κ3) is 2.92. The Hall–Kier alpha value is -3.66. The second-order valence-electron chi connectivity index (χ2n) is 7.12. The molecule has 150 valence electrons. The van der Waals surface area contributed by atoms with E-state index in [2.05, 4.69) is 19.2 Å². The minimum Gasteiger partial charge on any atom is -0.477 e. The zero-order valence-electron chi connectivity index (χ0n) is 15.9. The lowest BCUT2D eigenvalue weighted by molar-refractivity contribution is 0.0695. The summed E-state index contributed by atoms with van der Waals surface area (Å²) in [4.78, 5) is 39.9. The van der Waals surface area contributed by atoms with Crippen LogP contribution in [-0.2, 0) is 0 Å². The number of anilines is 1. The molecular formula is C20H16N6O3S. The fourth-order valence-electron chi connectivity index (χ4n) is 3.68. The molecule has 1 aliphatic heterocycles. The predicted molar refractivity (Wildman–Crippen MR) is 112 cm³/mol. The van der Waals surface area contributed by atoms with Gasteiger partial charge in [-0.05, 0) is 30.7 Å². The average molecular weight is 420 g/mol. The fraction of sp³-hybridized carbons (Fsp3) is 0.200. The molecule has 5 heterocycles. The molecule has 4 aromatic heterocycles. The van der Waals surface area contributed by atoms with Gasteiger partial charge in [0.15, 0.2) is 5.65 Å². The number of carbonyl (C=O) groups is 1. The monoisotopic (exact) mass is 420 g/mol. The number of aryl methyl sites for hydroxylation is 1. The minimum absolute atomic E-state index is 0.274. The topological polar surface area (TPSA) is 114 Å². The van der Waals surface area contributed by atoms with Crippen LogP contribution in [0.2, 0.25) is 0 Å². The van der Waals surface area contributed by atoms with Gasteiger partial charge in [-0.15, -0.1) is 0 Å². The highest BCUT2D eigenvalue weighted by atomic mass is 32.1. The van der Waals surface area contributed by atoms with Crippen LogP contribution in [0.1, 0.15) is 27.5 Å². The Morgan fingerprint density at radius 3 is 2.77 bits per heavy atom. The molecule has 0 bridgehead atoms. The molecule has 0 radical (unpaired) electrons. The lowest BCUT2D eigenvalue weighted by atomic mass is 9.95. The van der Waals surface area contributed by atoms with Crippen LogP contribution in [0.5, 0.6) is 0 Å². The van der Waals surface area contributed by atoms with E-state index in [0.717, 1.165) is 36.1 Å². The van der Waals surface area contributed by atoms with Crippen LogP contribution < -0.4 is 10.3 Å². The minimum atomic E-state index is -1.29. The zero-order valence-corrected chi connectivity index (χ0v) is 16.7. The third-order valence-corrected chi connectivity index (χ3v) is 5.90. The molecule has 1 N–H and O–H groups in total. The molecule has 30 heavy (non-hydrogen) atoms. The van der Waals surface area contributed by atoms with Crippen LogP contribution in [0.3, 0.4) is 0 Å². The highest BCUT2D eigenvalue weighted by Gasteiger charge is 2.31. The van der Waals surface area contributed by atoms with Crippen LogP contribution in [0.25, 0.3) is 16.2 Å². The number of aromatic nitrogens is 5. The molecule has 0 amide bonds. The van der Waals surface area contributed by atoms with E-state index in [0.29, 0.717) is 22.3 Å². The second kappa shape index (κ2) is 6.99. The van der Waals surface area contributed by atoms with Crippen molar-refractivity contribution in [2.45, 2.75) is 12.8 Å². The van der Waals surface area contributed by atoms with E-state index in [1.54, 1.807) is 13.1 Å². The van der Waals surface area contributed by atoms with Crippen molar-refractivity contribution in [3.63, 3.8) is 0 Å². The van der Waals surface area contributed by atoms with Gasteiger partial charge in [0, 0.05) is 48.6 Å². The maximum Gasteiger partial charge on any atom is 0.341 e. The van der Waals surface area contributed by atoms with Gasteiger partial charge < -0.3 is 10.0 Å². The van der Waals surface area contributed by atoms with Crippen LogP contribution >= 0.6 is 11.5 Å². The fourth-order valence-corrected chi connectivity index (χ4v) is 4.19. The number of hydrogen-bond donors (Lipinski definition) is 1. The summed E-state index contributed by atoms with van der Waals surface area (Å²) in [5.74, 6) is -0.235. The normalized spacial score (nSPS) is 14.1. The Balaban J connectivity index is 1.61. The molecule has 4 aromatic rings. The zero-order chi connectivity index (χ0) is 20.8. The molecule has 1 saturated heterocycles. The Labute approximate surface area is 174 Å². The molecule has 0 saturated carbocycles. The van der Waals surface area contributed by atoms with Gasteiger partial charge in [0.2, 0.25) is 10.6 Å². The van der Waals surface area contributed by atoms with Gasteiger partial charge in [-0.2, -0.15) is 4.37 Å². The van der Waals surface area contributed by atoms with Gasteiger partial charge in [0.05, 0.1) is 5.39 Å². The van der Waals surface area contributed by atoms with Crippen molar-refractivity contribution in [1.82, 2.24) is 23.9 Å². The quantitative estimate of drug-likeness (QED) is 0.535. The summed E-state index contributed by atoms with van der Waals surface area (Å²) in [6.45, 7) is 3.33. The Morgan fingerprint density at radius 2 is 2.10 bits per heavy atom. The van der Waals surface area contributed by atoms with Gasteiger partial charge in [-0.25, -0.2) is 14.8 Å². The molecule has 1 fully saturated rings. The van der Waals surface area contributed by atoms with E-state index < -0.39 is 11.4 Å². The molecule has 5 rings (SSSR count). The molecule has 0 aromatic carbocycles. The molecule has 0 atom stereocenters. The largest absolute Gasteiger partial charge is 0.477 e. The standard InChI is InChI=1S/C20H16N6O3S/c1-11-6-15(25-7-12(8-25)14-4-2-3-5-21-14)24-18-16(11)17(27)13(19(28)29)9-26(18)20-22-10-23-30-20/h2-6,9-10,12H,7-8H2,1H3,(H,28,29). The molecule has 1 aliphatic rings. The average Bonchev–Trinajstić information content (AvgIpc) is 3.22. The van der Waals surface area contributed by atoms with Gasteiger partial charge in [0.1, 0.15) is 17.7 Å². The van der Waals surface area contributed by atoms with Crippen molar-refractivity contribution in [1.29, 1.82) is 0 Å². The molecule has 0 aliphatic carbocycles. The molecule has 9 nitrogen and oxygen atoms in total. The lowest BCUT2D eigenvalue weighted by Crippen LogP contribution is -2.46. The maximum absolute atomic E-state index is 12.8. The van der Waals surface area contributed by atoms with Crippen molar-refractivity contribution < 1.29 is 9.90 Å². The first-order chi connectivity index (χ1) is 14.5. The highest BCUT2D eigenvalue weighted by Crippen LogP contribution is 2.31. The highest BCUT2D eigenvalue weighted by molar-refractivity contribution is 7.08. The van der Waals surface area contributed by atoms with Gasteiger partial charge in [0.25, 0.3) is 0 Å². The number of nitrogens with zero attached hydrogens (tertiary/aromatic N) is 6. The van der Waals surface area contributed by atoms with Crippen LogP contribution in [0, 0.1) is 6.92 Å². The molecule has 0 spiro atoms. The van der Waals surface area contributed by atoms with Gasteiger partial charge in [-0.3, -0.25) is 14.3 Å². The van der Waals surface area contributed by atoms with E-state index in [-0.39, 0.29) is 10.9 Å². The van der Waals surface area contributed by atoms with E-state index in [9.17, 15) is 14.7 Å². The van der Waals surface area contributed by atoms with Crippen molar-refractivity contribution >= 4 is 34.4 Å². The first-order valence-electron chi connectivity index (χ1n) is 9.26. The van der Waals surface area contributed by atoms with Gasteiger partial charge >= 0.3 is 5.97 Å². The van der Waals surface area contributed by atoms with Crippen molar-refractivity contribution in [3.8, 4) is 5.13 Å². The number of fused-ring (bicyclic) bond motifs is 1. The summed E-state index contributed by atoms with van der Waals surface area (Å²) in [6, 6.07) is 7.71. The first kappa shape index (κ1) is 18.4. The van der Waals surface area contributed by atoms with Gasteiger partial charge in [-0.1, -0.05) is 6.07 Å². The van der Waals surface area contributed by atoms with Crippen LogP contribution in [0.15, 0.2) is 47.8 Å². The number of hydrogen-bond acceptors (Lipinski definition) is 8. The lowest BCUT2D eigenvalue weighted by Gasteiger charge is -2.40. The first-order valence-corrected chi connectivity index (χ1v) is 10.0. The summed E-state index contributed by atoms with van der Waals surface area (Å²) in [5.41, 5.74) is 1.21. The number of aromatic carboxylic acids is 1. The third-order valence-electron chi connectivity index (χ3n) is 5.24. The van der Waals surface area contributed by atoms with Crippen molar-refractivity contribution in [2.24, 2.45) is 0 Å². The van der Waals surface area contributed by atoms with E-state index in [1.165, 1.54) is 17.1 Å². The van der Waals surface area contributed by atoms with Crippen LogP contribution in [-0.4, -0.2) is 48.1 Å². The summed E-state index contributed by atoms with van der Waals surface area (Å²) in [7, 11) is 0. The summed E-state index contributed by atoms with van der Waals surface area (Å²) >= 11 is 1.10. The smallest absolute Gasteiger partial charge is 0.341 e. The number of carboxylic acids is 1. The Bertz CT molecular complexity index is 1310.